The predicted molar refractivity (Wildman–Crippen MR) is 45.6 cm³/mol. The standard InChI is InChI=1S/C7H7NO2.CH4O/c9-7-4-2-1-3-6(7)5-8-10;1-2/h1-5,9-10H;2H,1H3. The van der Waals surface area contributed by atoms with Crippen molar-refractivity contribution in [1.82, 2.24) is 0 Å². The number of nitrogens with zero attached hydrogens (tertiary/aromatic N) is 1. The molecule has 0 heterocycles. The summed E-state index contributed by atoms with van der Waals surface area (Å²) in [5.41, 5.74) is 0.505. The molecule has 0 aromatic heterocycles. The van der Waals surface area contributed by atoms with Gasteiger partial charge in [0, 0.05) is 12.7 Å². The van der Waals surface area contributed by atoms with Crippen LogP contribution in [0.3, 0.4) is 0 Å². The Morgan fingerprint density at radius 1 is 1.25 bits per heavy atom. The van der Waals surface area contributed by atoms with Crippen molar-refractivity contribution in [3.05, 3.63) is 29.8 Å². The molecule has 0 aliphatic carbocycles. The molecule has 0 amide bonds. The first-order valence-corrected chi connectivity index (χ1v) is 3.25. The van der Waals surface area contributed by atoms with E-state index >= 15 is 0 Å². The van der Waals surface area contributed by atoms with Crippen LogP contribution in [0.15, 0.2) is 29.4 Å². The lowest BCUT2D eigenvalue weighted by Crippen LogP contribution is -1.79. The Balaban J connectivity index is 0.000000561. The lowest BCUT2D eigenvalue weighted by molar-refractivity contribution is 0.321. The van der Waals surface area contributed by atoms with Gasteiger partial charge in [0.05, 0.1) is 6.21 Å². The molecule has 12 heavy (non-hydrogen) atoms. The third-order valence-corrected chi connectivity index (χ3v) is 1.13. The van der Waals surface area contributed by atoms with Gasteiger partial charge in [-0.05, 0) is 12.1 Å². The van der Waals surface area contributed by atoms with Crippen LogP contribution in [0.1, 0.15) is 5.56 Å². The maximum absolute atomic E-state index is 9.04. The van der Waals surface area contributed by atoms with Gasteiger partial charge in [0.15, 0.2) is 0 Å². The van der Waals surface area contributed by atoms with Gasteiger partial charge in [-0.2, -0.15) is 0 Å². The number of benzene rings is 1. The Morgan fingerprint density at radius 2 is 1.83 bits per heavy atom. The molecule has 1 rings (SSSR count). The van der Waals surface area contributed by atoms with Crippen LogP contribution in [0.2, 0.25) is 0 Å². The van der Waals surface area contributed by atoms with Crippen LogP contribution >= 0.6 is 0 Å². The minimum absolute atomic E-state index is 0.111. The van der Waals surface area contributed by atoms with Gasteiger partial charge in [-0.3, -0.25) is 0 Å². The van der Waals surface area contributed by atoms with Crippen molar-refractivity contribution in [1.29, 1.82) is 0 Å². The van der Waals surface area contributed by atoms with Gasteiger partial charge in [0.1, 0.15) is 5.75 Å². The van der Waals surface area contributed by atoms with E-state index in [0.717, 1.165) is 7.11 Å². The summed E-state index contributed by atoms with van der Waals surface area (Å²) in [6.45, 7) is 0. The quantitative estimate of drug-likeness (QED) is 0.331. The SMILES string of the molecule is CO.ON=Cc1ccccc1O. The summed E-state index contributed by atoms with van der Waals surface area (Å²) < 4.78 is 0. The van der Waals surface area contributed by atoms with Crippen molar-refractivity contribution in [2.45, 2.75) is 0 Å². The fourth-order valence-corrected chi connectivity index (χ4v) is 0.659. The normalized spacial score (nSPS) is 9.17. The van der Waals surface area contributed by atoms with Crippen LogP contribution in [0, 0.1) is 0 Å². The van der Waals surface area contributed by atoms with Gasteiger partial charge >= 0.3 is 0 Å². The average Bonchev–Trinajstić information content (AvgIpc) is 2.13. The molecule has 0 fully saturated rings. The molecule has 3 N–H and O–H groups in total. The first-order valence-electron chi connectivity index (χ1n) is 3.25. The Labute approximate surface area is 70.4 Å². The number of oxime groups is 1. The number of hydrogen-bond acceptors (Lipinski definition) is 4. The largest absolute Gasteiger partial charge is 0.507 e. The highest BCUT2D eigenvalue weighted by molar-refractivity contribution is 5.82. The molecular formula is C8H11NO3. The van der Waals surface area contributed by atoms with Crippen molar-refractivity contribution in [2.75, 3.05) is 7.11 Å². The summed E-state index contributed by atoms with van der Waals surface area (Å²) >= 11 is 0. The molecule has 0 saturated heterocycles. The second-order valence-electron chi connectivity index (χ2n) is 1.80. The lowest BCUT2D eigenvalue weighted by atomic mass is 10.2. The lowest BCUT2D eigenvalue weighted by Gasteiger charge is -1.93. The fourth-order valence-electron chi connectivity index (χ4n) is 0.659. The zero-order valence-corrected chi connectivity index (χ0v) is 6.68. The third kappa shape index (κ3) is 3.03. The number of hydrogen-bond donors (Lipinski definition) is 3. The van der Waals surface area contributed by atoms with Crippen LogP contribution in [0.25, 0.3) is 0 Å². The number of aliphatic hydroxyl groups is 1. The summed E-state index contributed by atoms with van der Waals surface area (Å²) in [7, 11) is 1.00. The maximum Gasteiger partial charge on any atom is 0.124 e. The number of aromatic hydroxyl groups is 1. The summed E-state index contributed by atoms with van der Waals surface area (Å²) in [5.74, 6) is 0.111. The number of phenolic OH excluding ortho intramolecular Hbond substituents is 1. The Morgan fingerprint density at radius 3 is 2.33 bits per heavy atom. The molecular weight excluding hydrogens is 158 g/mol. The van der Waals surface area contributed by atoms with Crippen molar-refractivity contribution < 1.29 is 15.4 Å². The van der Waals surface area contributed by atoms with E-state index in [-0.39, 0.29) is 5.75 Å². The van der Waals surface area contributed by atoms with E-state index in [2.05, 4.69) is 5.16 Å². The molecule has 66 valence electrons. The van der Waals surface area contributed by atoms with E-state index in [9.17, 15) is 0 Å². The fraction of sp³-hybridized carbons (Fsp3) is 0.125. The molecule has 0 saturated carbocycles. The number of rotatable bonds is 1. The van der Waals surface area contributed by atoms with E-state index in [1.807, 2.05) is 0 Å². The average molecular weight is 169 g/mol. The highest BCUT2D eigenvalue weighted by Crippen LogP contribution is 2.12. The van der Waals surface area contributed by atoms with Crippen molar-refractivity contribution in [3.63, 3.8) is 0 Å². The molecule has 0 aliphatic rings. The summed E-state index contributed by atoms with van der Waals surface area (Å²) in [4.78, 5) is 0. The molecule has 0 radical (unpaired) electrons. The number of para-hydroxylation sites is 1. The van der Waals surface area contributed by atoms with Gasteiger partial charge < -0.3 is 15.4 Å². The molecule has 0 spiro atoms. The van der Waals surface area contributed by atoms with Gasteiger partial charge in [-0.15, -0.1) is 0 Å². The summed E-state index contributed by atoms with van der Waals surface area (Å²) in [6.07, 6.45) is 1.18. The Kier molecular flexibility index (Phi) is 5.38. The number of aliphatic hydroxyl groups excluding tert-OH is 1. The smallest absolute Gasteiger partial charge is 0.124 e. The Hall–Kier alpha value is -1.55. The van der Waals surface area contributed by atoms with Crippen molar-refractivity contribution in [3.8, 4) is 5.75 Å². The second kappa shape index (κ2) is 6.18. The van der Waals surface area contributed by atoms with Crippen molar-refractivity contribution in [2.24, 2.45) is 5.16 Å². The monoisotopic (exact) mass is 169 g/mol. The van der Waals surface area contributed by atoms with E-state index < -0.39 is 0 Å². The van der Waals surface area contributed by atoms with Crippen LogP contribution in [-0.4, -0.2) is 28.7 Å². The molecule has 0 atom stereocenters. The minimum atomic E-state index is 0.111. The molecule has 1 aromatic rings. The molecule has 4 heteroatoms. The number of phenols is 1. The van der Waals surface area contributed by atoms with Gasteiger partial charge in [0.2, 0.25) is 0 Å². The van der Waals surface area contributed by atoms with Gasteiger partial charge in [-0.1, -0.05) is 17.3 Å². The predicted octanol–water partition coefficient (Wildman–Crippen LogP) is 0.809. The first kappa shape index (κ1) is 10.4. The second-order valence-corrected chi connectivity index (χ2v) is 1.80. The zero-order chi connectivity index (χ0) is 9.40. The molecule has 0 bridgehead atoms. The highest BCUT2D eigenvalue weighted by atomic mass is 16.4. The topological polar surface area (TPSA) is 73.0 Å². The van der Waals surface area contributed by atoms with E-state index in [4.69, 9.17) is 15.4 Å². The summed E-state index contributed by atoms with van der Waals surface area (Å²) in [6, 6.07) is 6.62. The van der Waals surface area contributed by atoms with Crippen molar-refractivity contribution >= 4 is 6.21 Å². The highest BCUT2D eigenvalue weighted by Gasteiger charge is 1.92. The van der Waals surface area contributed by atoms with E-state index in [1.165, 1.54) is 12.3 Å². The third-order valence-electron chi connectivity index (χ3n) is 1.13. The Bertz CT molecular complexity index is 248. The zero-order valence-electron chi connectivity index (χ0n) is 6.68. The first-order chi connectivity index (χ1) is 5.84. The molecule has 4 nitrogen and oxygen atoms in total. The van der Waals surface area contributed by atoms with Crippen LogP contribution in [0.5, 0.6) is 5.75 Å². The molecule has 0 aliphatic heterocycles. The van der Waals surface area contributed by atoms with Crippen LogP contribution < -0.4 is 0 Å². The minimum Gasteiger partial charge on any atom is -0.507 e. The van der Waals surface area contributed by atoms with E-state index in [0.29, 0.717) is 5.56 Å². The van der Waals surface area contributed by atoms with Gasteiger partial charge in [-0.25, -0.2) is 0 Å². The van der Waals surface area contributed by atoms with Crippen LogP contribution in [0.4, 0.5) is 0 Å². The van der Waals surface area contributed by atoms with E-state index in [1.54, 1.807) is 18.2 Å². The molecule has 0 unspecified atom stereocenters. The molecule has 1 aromatic carbocycles. The van der Waals surface area contributed by atoms with Crippen LogP contribution in [-0.2, 0) is 0 Å². The maximum atomic E-state index is 9.04. The van der Waals surface area contributed by atoms with Gasteiger partial charge in [0.25, 0.3) is 0 Å². The summed E-state index contributed by atoms with van der Waals surface area (Å²) in [5, 5.41) is 26.9.